The zero-order valence-corrected chi connectivity index (χ0v) is 17.5. The molecular weight excluding hydrogens is 376 g/mol. The lowest BCUT2D eigenvalue weighted by Crippen LogP contribution is -2.42. The normalized spacial score (nSPS) is 15.7. The van der Waals surface area contributed by atoms with Crippen molar-refractivity contribution in [1.82, 2.24) is 19.2 Å². The van der Waals surface area contributed by atoms with Crippen LogP contribution < -0.4 is 4.74 Å². The molecule has 1 aromatic heterocycles. The molecule has 0 N–H and O–H groups in total. The number of nitrogens with zero attached hydrogens (tertiary/aromatic N) is 4. The highest BCUT2D eigenvalue weighted by Crippen LogP contribution is 2.25. The lowest BCUT2D eigenvalue weighted by Gasteiger charge is -2.33. The van der Waals surface area contributed by atoms with E-state index in [9.17, 15) is 9.59 Å². The summed E-state index contributed by atoms with van der Waals surface area (Å²) in [4.78, 5) is 31.1. The van der Waals surface area contributed by atoms with Crippen molar-refractivity contribution in [2.45, 2.75) is 44.4 Å². The van der Waals surface area contributed by atoms with Crippen LogP contribution in [0, 0.1) is 5.92 Å². The van der Waals surface area contributed by atoms with E-state index in [0.29, 0.717) is 36.0 Å². The number of rotatable bonds is 4. The molecule has 1 aliphatic heterocycles. The van der Waals surface area contributed by atoms with Crippen molar-refractivity contribution in [2.24, 2.45) is 5.92 Å². The molecule has 146 valence electrons. The Morgan fingerprint density at radius 3 is 2.54 bits per heavy atom. The molecule has 1 aliphatic rings. The molecule has 1 saturated heterocycles. The summed E-state index contributed by atoms with van der Waals surface area (Å²) in [5.41, 5.74) is -0.474. The van der Waals surface area contributed by atoms with Crippen LogP contribution in [0.15, 0.2) is 5.16 Å². The highest BCUT2D eigenvalue weighted by molar-refractivity contribution is 8.13. The van der Waals surface area contributed by atoms with Gasteiger partial charge in [0.05, 0.1) is 6.61 Å². The van der Waals surface area contributed by atoms with Gasteiger partial charge in [0.1, 0.15) is 5.60 Å². The monoisotopic (exact) mass is 402 g/mol. The third-order valence-electron chi connectivity index (χ3n) is 3.64. The first kappa shape index (κ1) is 20.8. The van der Waals surface area contributed by atoms with Crippen molar-refractivity contribution >= 4 is 34.6 Å². The Balaban J connectivity index is 1.73. The topological polar surface area (TPSA) is 84.9 Å². The van der Waals surface area contributed by atoms with Crippen LogP contribution in [0.2, 0.25) is 0 Å². The van der Waals surface area contributed by atoms with Gasteiger partial charge >= 0.3 is 6.09 Å². The Bertz CT molecular complexity index is 622. The second kappa shape index (κ2) is 8.90. The molecule has 0 atom stereocenters. The number of thioether (sulfide) groups is 1. The van der Waals surface area contributed by atoms with Gasteiger partial charge in [0, 0.05) is 50.5 Å². The van der Waals surface area contributed by atoms with E-state index in [-0.39, 0.29) is 11.3 Å². The molecular formula is C16H26N4O4S2. The first-order valence-corrected chi connectivity index (χ1v) is 10.1. The summed E-state index contributed by atoms with van der Waals surface area (Å²) in [5, 5.41) is 0.751. The van der Waals surface area contributed by atoms with Gasteiger partial charge in [0.2, 0.25) is 5.16 Å². The number of hydrogen-bond donors (Lipinski definition) is 0. The minimum atomic E-state index is -0.474. The predicted octanol–water partition coefficient (Wildman–Crippen LogP) is 3.34. The second-order valence-corrected chi connectivity index (χ2v) is 8.96. The van der Waals surface area contributed by atoms with Crippen molar-refractivity contribution in [1.29, 1.82) is 0 Å². The highest BCUT2D eigenvalue weighted by atomic mass is 32.2. The van der Waals surface area contributed by atoms with Crippen LogP contribution in [0.1, 0.15) is 33.6 Å². The molecule has 0 saturated carbocycles. The maximum atomic E-state index is 12.1. The van der Waals surface area contributed by atoms with Gasteiger partial charge in [-0.2, -0.15) is 9.36 Å². The molecule has 8 nitrogen and oxygen atoms in total. The first-order chi connectivity index (χ1) is 12.1. The van der Waals surface area contributed by atoms with E-state index in [1.54, 1.807) is 19.0 Å². The van der Waals surface area contributed by atoms with Crippen LogP contribution in [-0.4, -0.2) is 69.9 Å². The Kier molecular flexibility index (Phi) is 7.10. The summed E-state index contributed by atoms with van der Waals surface area (Å²) in [5.74, 6) is 0.358. The maximum absolute atomic E-state index is 12.1. The third-order valence-corrected chi connectivity index (χ3v) is 5.29. The summed E-state index contributed by atoms with van der Waals surface area (Å²) in [6.45, 7) is 7.46. The van der Waals surface area contributed by atoms with Gasteiger partial charge in [0.25, 0.3) is 10.4 Å². The molecule has 0 unspecified atom stereocenters. The lowest BCUT2D eigenvalue weighted by molar-refractivity contribution is 0.0165. The van der Waals surface area contributed by atoms with Crippen molar-refractivity contribution < 1.29 is 19.1 Å². The predicted molar refractivity (Wildman–Crippen MR) is 101 cm³/mol. The number of amides is 2. The van der Waals surface area contributed by atoms with Crippen molar-refractivity contribution in [3.63, 3.8) is 0 Å². The van der Waals surface area contributed by atoms with E-state index in [1.807, 2.05) is 20.8 Å². The molecule has 2 rings (SSSR count). The lowest BCUT2D eigenvalue weighted by atomic mass is 9.98. The smallest absolute Gasteiger partial charge is 0.410 e. The van der Waals surface area contributed by atoms with Crippen LogP contribution in [0.5, 0.6) is 5.19 Å². The van der Waals surface area contributed by atoms with Crippen LogP contribution in [-0.2, 0) is 4.74 Å². The van der Waals surface area contributed by atoms with E-state index in [1.165, 1.54) is 4.90 Å². The minimum absolute atomic E-state index is 0.121. The number of likely N-dealkylation sites (tertiary alicyclic amines) is 1. The molecule has 0 bridgehead atoms. The Labute approximate surface area is 162 Å². The number of carbonyl (C=O) groups is 2. The number of hydrogen-bond acceptors (Lipinski definition) is 8. The second-order valence-electron chi connectivity index (χ2n) is 7.33. The van der Waals surface area contributed by atoms with Crippen molar-refractivity contribution in [2.75, 3.05) is 33.8 Å². The van der Waals surface area contributed by atoms with Crippen LogP contribution >= 0.6 is 23.3 Å². The molecule has 10 heteroatoms. The minimum Gasteiger partial charge on any atom is -0.469 e. The molecule has 1 fully saturated rings. The summed E-state index contributed by atoms with van der Waals surface area (Å²) < 4.78 is 15.2. The fraction of sp³-hybridized carbons (Fsp3) is 0.750. The van der Waals surface area contributed by atoms with E-state index in [2.05, 4.69) is 9.36 Å². The van der Waals surface area contributed by atoms with Crippen LogP contribution in [0.25, 0.3) is 0 Å². The van der Waals surface area contributed by atoms with Gasteiger partial charge in [-0.3, -0.25) is 4.79 Å². The van der Waals surface area contributed by atoms with Gasteiger partial charge in [-0.05, 0) is 39.5 Å². The molecule has 0 spiro atoms. The standard InChI is InChI=1S/C16H26N4O4S2/c1-16(2,3)24-14(21)20-8-6-11(7-9-20)10-23-13-17-12(18-26-13)25-15(22)19(4)5/h11H,6-10H2,1-5H3. The Morgan fingerprint density at radius 1 is 1.31 bits per heavy atom. The summed E-state index contributed by atoms with van der Waals surface area (Å²) in [7, 11) is 3.37. The number of piperidine rings is 1. The van der Waals surface area contributed by atoms with Crippen LogP contribution in [0.4, 0.5) is 9.59 Å². The zero-order valence-electron chi connectivity index (χ0n) is 15.9. The summed E-state index contributed by atoms with van der Waals surface area (Å²) in [6.07, 6.45) is 1.46. The number of carbonyl (C=O) groups excluding carboxylic acids is 2. The highest BCUT2D eigenvalue weighted by Gasteiger charge is 2.27. The van der Waals surface area contributed by atoms with E-state index in [4.69, 9.17) is 9.47 Å². The maximum Gasteiger partial charge on any atom is 0.410 e. The average molecular weight is 403 g/mol. The Hall–Kier alpha value is -1.55. The van der Waals surface area contributed by atoms with Crippen molar-refractivity contribution in [3.05, 3.63) is 0 Å². The van der Waals surface area contributed by atoms with Crippen molar-refractivity contribution in [3.8, 4) is 5.19 Å². The average Bonchev–Trinajstić information content (AvgIpc) is 2.99. The molecule has 0 aromatic carbocycles. The van der Waals surface area contributed by atoms with Gasteiger partial charge in [-0.25, -0.2) is 4.79 Å². The summed E-state index contributed by atoms with van der Waals surface area (Å²) >= 11 is 2.12. The number of aromatic nitrogens is 2. The Morgan fingerprint density at radius 2 is 1.96 bits per heavy atom. The molecule has 2 heterocycles. The fourth-order valence-corrected chi connectivity index (χ4v) is 3.50. The largest absolute Gasteiger partial charge is 0.469 e. The molecule has 0 radical (unpaired) electrons. The quantitative estimate of drug-likeness (QED) is 0.714. The zero-order chi connectivity index (χ0) is 19.3. The molecule has 1 aromatic rings. The van der Waals surface area contributed by atoms with Gasteiger partial charge in [-0.1, -0.05) is 0 Å². The fourth-order valence-electron chi connectivity index (χ4n) is 2.26. The molecule has 0 aliphatic carbocycles. The van der Waals surface area contributed by atoms with Gasteiger partial charge < -0.3 is 19.3 Å². The van der Waals surface area contributed by atoms with Crippen LogP contribution in [0.3, 0.4) is 0 Å². The molecule has 2 amide bonds. The van der Waals surface area contributed by atoms with Gasteiger partial charge in [0.15, 0.2) is 0 Å². The van der Waals surface area contributed by atoms with E-state index >= 15 is 0 Å². The molecule has 26 heavy (non-hydrogen) atoms. The van der Waals surface area contributed by atoms with E-state index in [0.717, 1.165) is 36.1 Å². The third kappa shape index (κ3) is 6.64. The SMILES string of the molecule is CN(C)C(=O)Sc1nsc(OCC2CCN(C(=O)OC(C)(C)C)CC2)n1. The van der Waals surface area contributed by atoms with E-state index < -0.39 is 5.60 Å². The summed E-state index contributed by atoms with van der Waals surface area (Å²) in [6, 6.07) is 0. The first-order valence-electron chi connectivity index (χ1n) is 8.47. The van der Waals surface area contributed by atoms with Gasteiger partial charge in [-0.15, -0.1) is 0 Å². The number of ether oxygens (including phenoxy) is 2.